The molecule has 1 aromatic rings. The zero-order valence-electron chi connectivity index (χ0n) is 9.79. The Morgan fingerprint density at radius 2 is 2.19 bits per heavy atom. The highest BCUT2D eigenvalue weighted by molar-refractivity contribution is 8.00. The van der Waals surface area contributed by atoms with Gasteiger partial charge in [0.25, 0.3) is 0 Å². The second-order valence-corrected chi connectivity index (χ2v) is 6.43. The van der Waals surface area contributed by atoms with Gasteiger partial charge >= 0.3 is 0 Å². The van der Waals surface area contributed by atoms with Crippen molar-refractivity contribution in [3.05, 3.63) is 35.1 Å². The lowest BCUT2D eigenvalue weighted by molar-refractivity contribution is 0.498. The van der Waals surface area contributed by atoms with Gasteiger partial charge in [0.15, 0.2) is 0 Å². The van der Waals surface area contributed by atoms with Crippen molar-refractivity contribution in [1.82, 2.24) is 0 Å². The van der Waals surface area contributed by atoms with Crippen LogP contribution in [0.25, 0.3) is 0 Å². The summed E-state index contributed by atoms with van der Waals surface area (Å²) in [6.45, 7) is 4.10. The molecule has 2 unspecified atom stereocenters. The fraction of sp³-hybridized carbons (Fsp3) is 0.538. The molecule has 1 saturated heterocycles. The molecule has 0 spiro atoms. The molecule has 2 rings (SSSR count). The number of rotatable bonds is 2. The number of aryl methyl sites for hydroxylation is 1. The van der Waals surface area contributed by atoms with Gasteiger partial charge in [-0.05, 0) is 55.7 Å². The topological polar surface area (TPSA) is 26.0 Å². The number of benzene rings is 1. The van der Waals surface area contributed by atoms with Crippen molar-refractivity contribution in [2.24, 2.45) is 5.73 Å². The predicted octanol–water partition coefficient (Wildman–Crippen LogP) is 3.42. The molecule has 0 radical (unpaired) electrons. The zero-order valence-corrected chi connectivity index (χ0v) is 10.6. The lowest BCUT2D eigenvalue weighted by Gasteiger charge is -2.30. The summed E-state index contributed by atoms with van der Waals surface area (Å²) in [7, 11) is 0. The number of thioether (sulfide) groups is 1. The standard InChI is InChI=1S/C13H18FNS/c1-9-6-10(8-11(14)7-9)12(15)13(2)4-3-5-16-13/h6-8,12H,3-5,15H2,1-2H3. The van der Waals surface area contributed by atoms with Crippen molar-refractivity contribution in [3.8, 4) is 0 Å². The van der Waals surface area contributed by atoms with Crippen molar-refractivity contribution in [2.75, 3.05) is 5.75 Å². The molecule has 1 nitrogen and oxygen atoms in total. The maximum Gasteiger partial charge on any atom is 0.123 e. The third-order valence-corrected chi connectivity index (χ3v) is 4.94. The van der Waals surface area contributed by atoms with Crippen LogP contribution in [0.15, 0.2) is 18.2 Å². The van der Waals surface area contributed by atoms with Crippen LogP contribution in [-0.2, 0) is 0 Å². The molecule has 0 aromatic heterocycles. The summed E-state index contributed by atoms with van der Waals surface area (Å²) in [5.74, 6) is 0.982. The van der Waals surface area contributed by atoms with Gasteiger partial charge in [-0.25, -0.2) is 4.39 Å². The van der Waals surface area contributed by atoms with E-state index in [1.165, 1.54) is 12.2 Å². The van der Waals surface area contributed by atoms with Crippen molar-refractivity contribution in [3.63, 3.8) is 0 Å². The van der Waals surface area contributed by atoms with Crippen LogP contribution in [-0.4, -0.2) is 10.5 Å². The monoisotopic (exact) mass is 239 g/mol. The lowest BCUT2D eigenvalue weighted by atomic mass is 9.90. The first-order valence-corrected chi connectivity index (χ1v) is 6.66. The second-order valence-electron chi connectivity index (χ2n) is 4.80. The van der Waals surface area contributed by atoms with Crippen LogP contribution in [0.4, 0.5) is 4.39 Å². The summed E-state index contributed by atoms with van der Waals surface area (Å²) in [5.41, 5.74) is 8.15. The van der Waals surface area contributed by atoms with Crippen LogP contribution in [0.2, 0.25) is 0 Å². The minimum Gasteiger partial charge on any atom is -0.323 e. The third kappa shape index (κ3) is 2.25. The number of nitrogens with two attached hydrogens (primary N) is 1. The van der Waals surface area contributed by atoms with Crippen LogP contribution in [0.3, 0.4) is 0 Å². The van der Waals surface area contributed by atoms with E-state index in [4.69, 9.17) is 5.73 Å². The van der Waals surface area contributed by atoms with Gasteiger partial charge < -0.3 is 5.73 Å². The second kappa shape index (κ2) is 4.38. The van der Waals surface area contributed by atoms with E-state index in [-0.39, 0.29) is 16.6 Å². The van der Waals surface area contributed by atoms with Gasteiger partial charge in [-0.15, -0.1) is 0 Å². The Morgan fingerprint density at radius 3 is 2.75 bits per heavy atom. The number of hydrogen-bond acceptors (Lipinski definition) is 2. The Morgan fingerprint density at radius 1 is 1.44 bits per heavy atom. The molecule has 0 saturated carbocycles. The molecular formula is C13H18FNS. The third-order valence-electron chi connectivity index (χ3n) is 3.33. The highest BCUT2D eigenvalue weighted by atomic mass is 32.2. The maximum atomic E-state index is 13.3. The molecule has 0 bridgehead atoms. The number of halogens is 1. The quantitative estimate of drug-likeness (QED) is 0.855. The fourth-order valence-corrected chi connectivity index (χ4v) is 3.70. The Labute approximate surface area is 101 Å². The summed E-state index contributed by atoms with van der Waals surface area (Å²) >= 11 is 1.91. The van der Waals surface area contributed by atoms with Crippen molar-refractivity contribution >= 4 is 11.8 Å². The molecule has 1 fully saturated rings. The molecule has 1 aliphatic heterocycles. The Bertz CT molecular complexity index is 365. The molecule has 0 aliphatic carbocycles. The lowest BCUT2D eigenvalue weighted by Crippen LogP contribution is -2.33. The molecule has 0 amide bonds. The predicted molar refractivity (Wildman–Crippen MR) is 68.2 cm³/mol. The van der Waals surface area contributed by atoms with Gasteiger partial charge in [0.1, 0.15) is 5.82 Å². The van der Waals surface area contributed by atoms with Gasteiger partial charge in [0.05, 0.1) is 0 Å². The SMILES string of the molecule is Cc1cc(F)cc(C(N)C2(C)CCCS2)c1. The molecule has 88 valence electrons. The van der Waals surface area contributed by atoms with E-state index < -0.39 is 0 Å². The first-order chi connectivity index (χ1) is 7.51. The summed E-state index contributed by atoms with van der Waals surface area (Å²) in [5, 5.41) is 0. The molecule has 2 N–H and O–H groups in total. The molecule has 3 heteroatoms. The molecule has 1 aliphatic rings. The van der Waals surface area contributed by atoms with E-state index in [1.54, 1.807) is 12.1 Å². The van der Waals surface area contributed by atoms with E-state index >= 15 is 0 Å². The van der Waals surface area contributed by atoms with Crippen LogP contribution < -0.4 is 5.73 Å². The van der Waals surface area contributed by atoms with Crippen LogP contribution >= 0.6 is 11.8 Å². The van der Waals surface area contributed by atoms with E-state index in [0.717, 1.165) is 17.5 Å². The summed E-state index contributed by atoms with van der Waals surface area (Å²) < 4.78 is 13.4. The van der Waals surface area contributed by atoms with Gasteiger partial charge in [0.2, 0.25) is 0 Å². The Balaban J connectivity index is 2.29. The van der Waals surface area contributed by atoms with E-state index in [9.17, 15) is 4.39 Å². The molecular weight excluding hydrogens is 221 g/mol. The average molecular weight is 239 g/mol. The van der Waals surface area contributed by atoms with Crippen LogP contribution in [0.5, 0.6) is 0 Å². The summed E-state index contributed by atoms with van der Waals surface area (Å²) in [4.78, 5) is 0. The summed E-state index contributed by atoms with van der Waals surface area (Å²) in [6.07, 6.45) is 2.33. The molecule has 16 heavy (non-hydrogen) atoms. The van der Waals surface area contributed by atoms with Gasteiger partial charge in [-0.1, -0.05) is 6.07 Å². The first-order valence-electron chi connectivity index (χ1n) is 5.68. The smallest absolute Gasteiger partial charge is 0.123 e. The van der Waals surface area contributed by atoms with Crippen LogP contribution in [0.1, 0.15) is 36.9 Å². The van der Waals surface area contributed by atoms with Crippen LogP contribution in [0, 0.1) is 12.7 Å². The Hall–Kier alpha value is -0.540. The molecule has 2 atom stereocenters. The van der Waals surface area contributed by atoms with E-state index in [1.807, 2.05) is 24.8 Å². The van der Waals surface area contributed by atoms with Gasteiger partial charge in [-0.3, -0.25) is 0 Å². The number of hydrogen-bond donors (Lipinski definition) is 1. The van der Waals surface area contributed by atoms with E-state index in [0.29, 0.717) is 0 Å². The average Bonchev–Trinajstić information content (AvgIpc) is 2.64. The maximum absolute atomic E-state index is 13.3. The highest BCUT2D eigenvalue weighted by Crippen LogP contribution is 2.45. The fourth-order valence-electron chi connectivity index (χ4n) is 2.34. The van der Waals surface area contributed by atoms with Crippen molar-refractivity contribution < 1.29 is 4.39 Å². The Kier molecular flexibility index (Phi) is 3.27. The van der Waals surface area contributed by atoms with Gasteiger partial charge in [0, 0.05) is 10.8 Å². The first kappa shape index (κ1) is 11.9. The van der Waals surface area contributed by atoms with Crippen molar-refractivity contribution in [2.45, 2.75) is 37.5 Å². The van der Waals surface area contributed by atoms with E-state index in [2.05, 4.69) is 6.92 Å². The molecule has 1 heterocycles. The normalized spacial score (nSPS) is 27.0. The van der Waals surface area contributed by atoms with Gasteiger partial charge in [-0.2, -0.15) is 11.8 Å². The largest absolute Gasteiger partial charge is 0.323 e. The minimum absolute atomic E-state index is 0.0697. The summed E-state index contributed by atoms with van der Waals surface area (Å²) in [6, 6.07) is 5.04. The highest BCUT2D eigenvalue weighted by Gasteiger charge is 2.36. The van der Waals surface area contributed by atoms with Crippen molar-refractivity contribution in [1.29, 1.82) is 0 Å². The minimum atomic E-state index is -0.183. The zero-order chi connectivity index (χ0) is 11.8. The molecule has 1 aromatic carbocycles.